The highest BCUT2D eigenvalue weighted by Gasteiger charge is 2.47. The lowest BCUT2D eigenvalue weighted by atomic mass is 9.43. The molecule has 350 valence electrons. The summed E-state index contributed by atoms with van der Waals surface area (Å²) in [4.78, 5) is 4.97. The summed E-state index contributed by atoms with van der Waals surface area (Å²) in [7, 11) is 0. The van der Waals surface area contributed by atoms with Crippen molar-refractivity contribution in [3.8, 4) is 16.8 Å². The van der Waals surface area contributed by atoms with E-state index < -0.39 is 0 Å². The molecule has 0 saturated heterocycles. The molecule has 6 heteroatoms. The van der Waals surface area contributed by atoms with Gasteiger partial charge in [0.05, 0.1) is 11.0 Å². The first-order valence-corrected chi connectivity index (χ1v) is 25.5. The maximum atomic E-state index is 7.34. The number of hydrogen-bond acceptors (Lipinski definition) is 4. The van der Waals surface area contributed by atoms with Gasteiger partial charge in [0.15, 0.2) is 0 Å². The molecule has 0 bridgehead atoms. The number of anilines is 5. The molecule has 5 nitrogen and oxygen atoms in total. The van der Waals surface area contributed by atoms with Crippen LogP contribution in [0.2, 0.25) is 0 Å². The summed E-state index contributed by atoms with van der Waals surface area (Å²) in [6, 6.07) is 65.1. The van der Waals surface area contributed by atoms with Gasteiger partial charge in [-0.05, 0) is 135 Å². The van der Waals surface area contributed by atoms with Gasteiger partial charge >= 0.3 is 6.85 Å². The van der Waals surface area contributed by atoms with Crippen LogP contribution in [0.15, 0.2) is 185 Å². The lowest BCUT2D eigenvalue weighted by Crippen LogP contribution is -2.60. The van der Waals surface area contributed by atoms with Crippen LogP contribution in [0, 0.1) is 0 Å². The molecule has 2 aliphatic heterocycles. The number of furan rings is 2. The van der Waals surface area contributed by atoms with E-state index in [2.05, 4.69) is 253 Å². The molecule has 0 N–H and O–H groups in total. The molecule has 12 aromatic rings. The first-order valence-electron chi connectivity index (χ1n) is 25.5. The minimum absolute atomic E-state index is 0.0111. The zero-order valence-corrected chi connectivity index (χ0v) is 42.5. The molecule has 3 aromatic heterocycles. The zero-order valence-electron chi connectivity index (χ0n) is 42.5. The van der Waals surface area contributed by atoms with E-state index in [0.29, 0.717) is 0 Å². The maximum Gasteiger partial charge on any atom is 0.333 e. The monoisotopic (exact) mass is 933 g/mol. The normalized spacial score (nSPS) is 13.6. The van der Waals surface area contributed by atoms with Crippen LogP contribution in [0.3, 0.4) is 0 Å². The van der Waals surface area contributed by atoms with Gasteiger partial charge in [0.25, 0.3) is 0 Å². The highest BCUT2D eigenvalue weighted by molar-refractivity contribution is 6.94. The standard InChI is InChI=1S/C66H56BN3O2/c1-64(2,3)39-24-28-44(29-25-39)70-54-37-48-47-36-45(68(42-18-12-10-13-19-42)43-20-14-11-15-21-43)30-33-56(47)71-57(48)38-50(54)60-61-62-58(59-46-22-16-17-23-55(46)72-63(59)60)49-34-40(65(4,5)6)26-31-52(49)69(62)53-32-27-41(66(7,8)9)35-51(53)67(61)70/h10-38H,1-9H3. The van der Waals surface area contributed by atoms with Gasteiger partial charge in [0.2, 0.25) is 0 Å². The Kier molecular flexibility index (Phi) is 8.82. The van der Waals surface area contributed by atoms with E-state index in [-0.39, 0.29) is 23.1 Å². The Hall–Kier alpha value is -7.96. The van der Waals surface area contributed by atoms with Crippen molar-refractivity contribution in [1.29, 1.82) is 0 Å². The Morgan fingerprint density at radius 3 is 1.75 bits per heavy atom. The predicted molar refractivity (Wildman–Crippen MR) is 305 cm³/mol. The van der Waals surface area contributed by atoms with E-state index in [1.165, 1.54) is 55.1 Å². The van der Waals surface area contributed by atoms with Gasteiger partial charge in [-0.3, -0.25) is 0 Å². The minimum Gasteiger partial charge on any atom is -0.456 e. The van der Waals surface area contributed by atoms with Crippen molar-refractivity contribution in [2.75, 3.05) is 9.71 Å². The van der Waals surface area contributed by atoms with Crippen LogP contribution in [0.5, 0.6) is 0 Å². The van der Waals surface area contributed by atoms with Crippen LogP contribution in [-0.4, -0.2) is 11.4 Å². The summed E-state index contributed by atoms with van der Waals surface area (Å²) in [5.41, 5.74) is 21.2. The van der Waals surface area contributed by atoms with E-state index >= 15 is 0 Å². The van der Waals surface area contributed by atoms with Gasteiger partial charge in [-0.1, -0.05) is 147 Å². The molecule has 0 amide bonds. The van der Waals surface area contributed by atoms with Gasteiger partial charge in [-0.15, -0.1) is 0 Å². The van der Waals surface area contributed by atoms with Crippen LogP contribution in [-0.2, 0) is 16.2 Å². The van der Waals surface area contributed by atoms with Crippen LogP contribution < -0.4 is 20.6 Å². The molecule has 0 radical (unpaired) electrons. The van der Waals surface area contributed by atoms with Crippen molar-refractivity contribution in [1.82, 2.24) is 4.57 Å². The van der Waals surface area contributed by atoms with E-state index in [4.69, 9.17) is 8.83 Å². The third-order valence-electron chi connectivity index (χ3n) is 15.8. The summed E-state index contributed by atoms with van der Waals surface area (Å²) < 4.78 is 17.0. The molecule has 0 spiro atoms. The van der Waals surface area contributed by atoms with E-state index in [9.17, 15) is 0 Å². The number of benzene rings is 9. The maximum absolute atomic E-state index is 7.34. The van der Waals surface area contributed by atoms with E-state index in [0.717, 1.165) is 83.4 Å². The highest BCUT2D eigenvalue weighted by atomic mass is 16.3. The summed E-state index contributed by atoms with van der Waals surface area (Å²) >= 11 is 0. The van der Waals surface area contributed by atoms with Gasteiger partial charge < -0.3 is 23.1 Å². The number of para-hydroxylation sites is 3. The Morgan fingerprint density at radius 1 is 0.444 bits per heavy atom. The number of rotatable bonds is 4. The SMILES string of the molecule is CC(C)(C)c1ccc(N2B3c4cc(C(C)(C)C)ccc4-n4c5ccc(C(C)(C)C)cc5c5c6c(oc7ccccc76)c(c3c54)-c3cc4oc5ccc(N(c6ccccc6)c6ccccc6)cc5c4cc32)cc1. The Balaban J connectivity index is 1.15. The molecule has 72 heavy (non-hydrogen) atoms. The fourth-order valence-corrected chi connectivity index (χ4v) is 12.1. The molecule has 14 rings (SSSR count). The summed E-state index contributed by atoms with van der Waals surface area (Å²) in [5.74, 6) is 0. The fourth-order valence-electron chi connectivity index (χ4n) is 12.1. The van der Waals surface area contributed by atoms with Crippen molar-refractivity contribution in [3.63, 3.8) is 0 Å². The molecular weight excluding hydrogens is 878 g/mol. The zero-order chi connectivity index (χ0) is 49.2. The lowest BCUT2D eigenvalue weighted by Gasteiger charge is -2.42. The van der Waals surface area contributed by atoms with E-state index in [1.54, 1.807) is 0 Å². The molecule has 9 aromatic carbocycles. The molecule has 0 atom stereocenters. The second kappa shape index (κ2) is 14.8. The molecule has 0 saturated carbocycles. The lowest BCUT2D eigenvalue weighted by molar-refractivity contribution is 0.590. The van der Waals surface area contributed by atoms with Crippen molar-refractivity contribution in [2.24, 2.45) is 0 Å². The molecule has 0 aliphatic carbocycles. The fraction of sp³-hybridized carbons (Fsp3) is 0.182. The van der Waals surface area contributed by atoms with E-state index in [1.807, 2.05) is 0 Å². The summed E-state index contributed by atoms with van der Waals surface area (Å²) in [6.07, 6.45) is 0. The number of aromatic nitrogens is 1. The first-order chi connectivity index (χ1) is 34.6. The van der Waals surface area contributed by atoms with Gasteiger partial charge in [0.1, 0.15) is 22.3 Å². The van der Waals surface area contributed by atoms with Gasteiger partial charge in [-0.25, -0.2) is 0 Å². The smallest absolute Gasteiger partial charge is 0.333 e. The quantitative estimate of drug-likeness (QED) is 0.165. The number of fused-ring (bicyclic) bond motifs is 16. The summed E-state index contributed by atoms with van der Waals surface area (Å²) in [5, 5.41) is 6.91. The van der Waals surface area contributed by atoms with Crippen LogP contribution in [0.4, 0.5) is 28.4 Å². The molecule has 5 heterocycles. The summed E-state index contributed by atoms with van der Waals surface area (Å²) in [6.45, 7) is 20.6. The Morgan fingerprint density at radius 2 is 1.06 bits per heavy atom. The third kappa shape index (κ3) is 6.14. The van der Waals surface area contributed by atoms with Crippen molar-refractivity contribution in [2.45, 2.75) is 78.6 Å². The largest absolute Gasteiger partial charge is 0.456 e. The van der Waals surface area contributed by atoms with Crippen LogP contribution >= 0.6 is 0 Å². The Bertz CT molecular complexity index is 4170. The van der Waals surface area contributed by atoms with Crippen molar-refractivity contribution < 1.29 is 8.83 Å². The number of hydrogen-bond donors (Lipinski definition) is 0. The van der Waals surface area contributed by atoms with Crippen molar-refractivity contribution in [3.05, 3.63) is 193 Å². The predicted octanol–water partition coefficient (Wildman–Crippen LogP) is 17.2. The average Bonchev–Trinajstić information content (AvgIpc) is 4.04. The third-order valence-corrected chi connectivity index (χ3v) is 15.8. The second-order valence-corrected chi connectivity index (χ2v) is 23.4. The second-order valence-electron chi connectivity index (χ2n) is 23.4. The van der Waals surface area contributed by atoms with Gasteiger partial charge in [-0.2, -0.15) is 0 Å². The average molecular weight is 934 g/mol. The topological polar surface area (TPSA) is 37.7 Å². The highest BCUT2D eigenvalue weighted by Crippen LogP contribution is 2.53. The molecular formula is C66H56BN3O2. The van der Waals surface area contributed by atoms with Gasteiger partial charge in [0, 0.05) is 77.6 Å². The molecule has 0 unspecified atom stereocenters. The van der Waals surface area contributed by atoms with Crippen molar-refractivity contribution >= 4 is 112 Å². The van der Waals surface area contributed by atoms with Crippen LogP contribution in [0.1, 0.15) is 79.0 Å². The first kappa shape index (κ1) is 42.9. The molecule has 0 fully saturated rings. The Labute approximate surface area is 421 Å². The molecule has 2 aliphatic rings. The van der Waals surface area contributed by atoms with Crippen LogP contribution in [0.25, 0.3) is 82.5 Å². The minimum atomic E-state index is -0.206. The number of nitrogens with zero attached hydrogens (tertiary/aromatic N) is 3.